The molecule has 16 heavy (non-hydrogen) atoms. The molecule has 2 heterocycles. The molecule has 1 aliphatic carbocycles. The smallest absolute Gasteiger partial charge is 0.0984 e. The average Bonchev–Trinajstić information content (AvgIpc) is 2.98. The van der Waals surface area contributed by atoms with E-state index in [1.54, 1.807) is 11.3 Å². The van der Waals surface area contributed by atoms with Crippen molar-refractivity contribution in [3.63, 3.8) is 0 Å². The Bertz CT molecular complexity index is 365. The number of ether oxygens (including phenoxy) is 1. The molecule has 1 aromatic rings. The van der Waals surface area contributed by atoms with Gasteiger partial charge in [-0.2, -0.15) is 0 Å². The van der Waals surface area contributed by atoms with E-state index in [1.807, 2.05) is 0 Å². The van der Waals surface area contributed by atoms with Crippen molar-refractivity contribution in [1.82, 2.24) is 4.98 Å². The van der Waals surface area contributed by atoms with E-state index >= 15 is 0 Å². The van der Waals surface area contributed by atoms with E-state index < -0.39 is 0 Å². The molecule has 1 aromatic heterocycles. The maximum Gasteiger partial charge on any atom is 0.0984 e. The Balaban J connectivity index is 1.81. The van der Waals surface area contributed by atoms with Crippen LogP contribution in [0.3, 0.4) is 0 Å². The van der Waals surface area contributed by atoms with E-state index in [2.05, 4.69) is 5.38 Å². The van der Waals surface area contributed by atoms with Crippen LogP contribution in [0.4, 0.5) is 0 Å². The molecule has 0 aromatic carbocycles. The van der Waals surface area contributed by atoms with Crippen LogP contribution in [0.25, 0.3) is 0 Å². The van der Waals surface area contributed by atoms with Crippen molar-refractivity contribution < 1.29 is 4.74 Å². The molecule has 88 valence electrons. The highest BCUT2D eigenvalue weighted by molar-refractivity contribution is 7.09. The van der Waals surface area contributed by atoms with Crippen LogP contribution in [0.15, 0.2) is 5.38 Å². The normalized spacial score (nSPS) is 28.7. The van der Waals surface area contributed by atoms with Gasteiger partial charge >= 0.3 is 0 Å². The highest BCUT2D eigenvalue weighted by atomic mass is 32.1. The van der Waals surface area contributed by atoms with E-state index in [0.717, 1.165) is 38.2 Å². The van der Waals surface area contributed by atoms with Crippen molar-refractivity contribution in [2.75, 3.05) is 13.2 Å². The van der Waals surface area contributed by atoms with Gasteiger partial charge in [0.15, 0.2) is 0 Å². The highest BCUT2D eigenvalue weighted by Gasteiger charge is 2.34. The zero-order chi connectivity index (χ0) is 11.0. The zero-order valence-electron chi connectivity index (χ0n) is 9.45. The molecule has 1 aliphatic heterocycles. The van der Waals surface area contributed by atoms with Crippen molar-refractivity contribution >= 4 is 11.3 Å². The van der Waals surface area contributed by atoms with Gasteiger partial charge in [0, 0.05) is 17.9 Å². The summed E-state index contributed by atoms with van der Waals surface area (Å²) in [7, 11) is 0. The topological polar surface area (TPSA) is 48.1 Å². The highest BCUT2D eigenvalue weighted by Crippen LogP contribution is 2.38. The van der Waals surface area contributed by atoms with Gasteiger partial charge in [-0.25, -0.2) is 4.98 Å². The summed E-state index contributed by atoms with van der Waals surface area (Å²) in [5.41, 5.74) is 7.40. The lowest BCUT2D eigenvalue weighted by atomic mass is 9.96. The average molecular weight is 238 g/mol. The molecule has 0 bridgehead atoms. The van der Waals surface area contributed by atoms with Crippen LogP contribution in [0.1, 0.15) is 48.7 Å². The van der Waals surface area contributed by atoms with E-state index in [1.165, 1.54) is 17.8 Å². The molecule has 1 unspecified atom stereocenters. The van der Waals surface area contributed by atoms with Gasteiger partial charge in [-0.1, -0.05) is 12.8 Å². The molecular formula is C12H18N2OS. The maximum atomic E-state index is 6.41. The molecule has 0 radical (unpaired) electrons. The summed E-state index contributed by atoms with van der Waals surface area (Å²) in [4.78, 5) is 4.76. The number of aromatic nitrogens is 1. The number of rotatable bonds is 2. The monoisotopic (exact) mass is 238 g/mol. The third-order valence-corrected chi connectivity index (χ3v) is 4.81. The molecule has 1 saturated carbocycles. The molecule has 4 heteroatoms. The largest absolute Gasteiger partial charge is 0.381 e. The second kappa shape index (κ2) is 4.09. The van der Waals surface area contributed by atoms with Gasteiger partial charge in [0.05, 0.1) is 22.8 Å². The first kappa shape index (κ1) is 10.7. The van der Waals surface area contributed by atoms with Gasteiger partial charge in [0.2, 0.25) is 0 Å². The van der Waals surface area contributed by atoms with E-state index in [0.29, 0.717) is 5.92 Å². The standard InChI is InChI=1S/C12H18N2OS/c13-12(4-1-2-5-12)10-8-16-11(14-10)9-3-6-15-7-9/h8-9H,1-7,13H2. The van der Waals surface area contributed by atoms with E-state index in [4.69, 9.17) is 15.5 Å². The fourth-order valence-corrected chi connectivity index (χ4v) is 3.74. The molecule has 0 amide bonds. The Labute approximate surface area is 100 Å². The van der Waals surface area contributed by atoms with Gasteiger partial charge in [-0.05, 0) is 19.3 Å². The third kappa shape index (κ3) is 1.79. The summed E-state index contributed by atoms with van der Waals surface area (Å²) in [6.45, 7) is 1.72. The fourth-order valence-electron chi connectivity index (χ4n) is 2.70. The molecule has 0 spiro atoms. The first-order valence-electron chi connectivity index (χ1n) is 6.10. The fraction of sp³-hybridized carbons (Fsp3) is 0.750. The lowest BCUT2D eigenvalue weighted by molar-refractivity contribution is 0.194. The van der Waals surface area contributed by atoms with E-state index in [-0.39, 0.29) is 5.54 Å². The molecular weight excluding hydrogens is 220 g/mol. The molecule has 3 nitrogen and oxygen atoms in total. The quantitative estimate of drug-likeness (QED) is 0.860. The van der Waals surface area contributed by atoms with Gasteiger partial charge < -0.3 is 10.5 Å². The number of thiazole rings is 1. The van der Waals surface area contributed by atoms with Crippen LogP contribution < -0.4 is 5.73 Å². The Morgan fingerprint density at radius 2 is 2.25 bits per heavy atom. The van der Waals surface area contributed by atoms with Crippen LogP contribution >= 0.6 is 11.3 Å². The van der Waals surface area contributed by atoms with Gasteiger partial charge in [-0.15, -0.1) is 11.3 Å². The van der Waals surface area contributed by atoms with Gasteiger partial charge in [0.25, 0.3) is 0 Å². The van der Waals surface area contributed by atoms with Crippen molar-refractivity contribution in [2.45, 2.75) is 43.6 Å². The van der Waals surface area contributed by atoms with Gasteiger partial charge in [-0.3, -0.25) is 0 Å². The first-order chi connectivity index (χ1) is 7.78. The molecule has 1 atom stereocenters. The van der Waals surface area contributed by atoms with Crippen LogP contribution in [0.5, 0.6) is 0 Å². The minimum absolute atomic E-state index is 0.131. The summed E-state index contributed by atoms with van der Waals surface area (Å²) in [5, 5.41) is 3.39. The zero-order valence-corrected chi connectivity index (χ0v) is 10.3. The Kier molecular flexibility index (Phi) is 2.73. The molecule has 2 fully saturated rings. The number of nitrogens with zero attached hydrogens (tertiary/aromatic N) is 1. The van der Waals surface area contributed by atoms with Crippen molar-refractivity contribution in [3.05, 3.63) is 16.1 Å². The third-order valence-electron chi connectivity index (χ3n) is 3.81. The van der Waals surface area contributed by atoms with Crippen molar-refractivity contribution in [2.24, 2.45) is 5.73 Å². The van der Waals surface area contributed by atoms with Crippen LogP contribution in [-0.4, -0.2) is 18.2 Å². The summed E-state index contributed by atoms with van der Waals surface area (Å²) < 4.78 is 5.41. The van der Waals surface area contributed by atoms with Crippen molar-refractivity contribution in [3.8, 4) is 0 Å². The van der Waals surface area contributed by atoms with Crippen LogP contribution in [-0.2, 0) is 10.3 Å². The Morgan fingerprint density at radius 1 is 1.44 bits per heavy atom. The number of hydrogen-bond acceptors (Lipinski definition) is 4. The molecule has 2 aliphatic rings. The number of hydrogen-bond donors (Lipinski definition) is 1. The molecule has 2 N–H and O–H groups in total. The summed E-state index contributed by atoms with van der Waals surface area (Å²) in [5.74, 6) is 0.517. The predicted octanol–water partition coefficient (Wildman–Crippen LogP) is 2.38. The first-order valence-corrected chi connectivity index (χ1v) is 6.98. The Hall–Kier alpha value is -0.450. The summed E-state index contributed by atoms with van der Waals surface area (Å²) >= 11 is 1.76. The molecule has 1 saturated heterocycles. The number of nitrogens with two attached hydrogens (primary N) is 1. The van der Waals surface area contributed by atoms with Crippen LogP contribution in [0, 0.1) is 0 Å². The minimum Gasteiger partial charge on any atom is -0.381 e. The SMILES string of the molecule is NC1(c2csc(C3CCOC3)n2)CCCC1. The lowest BCUT2D eigenvalue weighted by Gasteiger charge is -2.20. The second-order valence-corrected chi connectivity index (χ2v) is 5.88. The van der Waals surface area contributed by atoms with Crippen LogP contribution in [0.2, 0.25) is 0 Å². The molecule has 3 rings (SSSR count). The summed E-state index contributed by atoms with van der Waals surface area (Å²) in [6.07, 6.45) is 5.80. The predicted molar refractivity (Wildman–Crippen MR) is 64.6 cm³/mol. The van der Waals surface area contributed by atoms with Crippen molar-refractivity contribution in [1.29, 1.82) is 0 Å². The lowest BCUT2D eigenvalue weighted by Crippen LogP contribution is -2.33. The Morgan fingerprint density at radius 3 is 2.94 bits per heavy atom. The summed E-state index contributed by atoms with van der Waals surface area (Å²) in [6, 6.07) is 0. The minimum atomic E-state index is -0.131. The van der Waals surface area contributed by atoms with Gasteiger partial charge in [0.1, 0.15) is 0 Å². The second-order valence-electron chi connectivity index (χ2n) is 4.99. The van der Waals surface area contributed by atoms with E-state index in [9.17, 15) is 0 Å². The maximum absolute atomic E-state index is 6.41.